The second kappa shape index (κ2) is 6.69. The van der Waals surface area contributed by atoms with Gasteiger partial charge in [-0.1, -0.05) is 48.5 Å². The second-order valence-corrected chi connectivity index (χ2v) is 4.91. The van der Waals surface area contributed by atoms with Gasteiger partial charge in [-0.05, 0) is 11.6 Å². The summed E-state index contributed by atoms with van der Waals surface area (Å²) in [6.45, 7) is 1.18. The molecule has 0 aliphatic carbocycles. The number of guanidine groups is 1. The molecule has 3 rings (SSSR count). The molecule has 0 radical (unpaired) electrons. The highest BCUT2D eigenvalue weighted by Gasteiger charge is 2.19. The van der Waals surface area contributed by atoms with Crippen molar-refractivity contribution in [2.45, 2.75) is 0 Å². The zero-order valence-electron chi connectivity index (χ0n) is 12.3. The lowest BCUT2D eigenvalue weighted by molar-refractivity contribution is -0.485. The third-order valence-electron chi connectivity index (χ3n) is 3.41. The Balaban J connectivity index is 1.88. The quantitative estimate of drug-likeness (QED) is 0.407. The number of nitrogens with zero attached hydrogens (tertiary/aromatic N) is 4. The number of hydrazone groups is 1. The minimum absolute atomic E-state index is 0.205. The Hall–Kier alpha value is -3.22. The molecule has 1 saturated heterocycles. The molecule has 7 nitrogen and oxygen atoms in total. The van der Waals surface area contributed by atoms with Crippen LogP contribution in [-0.4, -0.2) is 35.3 Å². The van der Waals surface area contributed by atoms with E-state index in [1.807, 2.05) is 54.6 Å². The van der Waals surface area contributed by atoms with Crippen molar-refractivity contribution in [2.75, 3.05) is 13.1 Å². The van der Waals surface area contributed by atoms with Crippen LogP contribution in [0, 0.1) is 10.1 Å². The van der Waals surface area contributed by atoms with Crippen LogP contribution in [0.3, 0.4) is 0 Å². The van der Waals surface area contributed by atoms with Crippen molar-refractivity contribution in [3.05, 3.63) is 64.7 Å². The van der Waals surface area contributed by atoms with Crippen molar-refractivity contribution in [3.8, 4) is 11.1 Å². The minimum Gasteiger partial charge on any atom is -0.349 e. The number of rotatable bonds is 4. The Labute approximate surface area is 133 Å². The van der Waals surface area contributed by atoms with Crippen molar-refractivity contribution in [2.24, 2.45) is 10.1 Å². The highest BCUT2D eigenvalue weighted by atomic mass is 16.7. The lowest BCUT2D eigenvalue weighted by atomic mass is 10.0. The van der Waals surface area contributed by atoms with Crippen molar-refractivity contribution >= 4 is 18.0 Å². The maximum Gasteiger partial charge on any atom is 0.276 e. The van der Waals surface area contributed by atoms with Gasteiger partial charge in [0.25, 0.3) is 5.96 Å². The van der Waals surface area contributed by atoms with Crippen LogP contribution in [0.1, 0.15) is 0 Å². The molecule has 1 aliphatic rings. The summed E-state index contributed by atoms with van der Waals surface area (Å²) in [5.74, 6) is 0.205. The predicted molar refractivity (Wildman–Crippen MR) is 89.2 cm³/mol. The summed E-state index contributed by atoms with van der Waals surface area (Å²) in [5, 5.41) is 16.0. The summed E-state index contributed by atoms with van der Waals surface area (Å²) in [6.07, 6.45) is 1.57. The van der Waals surface area contributed by atoms with Crippen LogP contribution in [0.5, 0.6) is 0 Å². The van der Waals surface area contributed by atoms with Crippen LogP contribution in [0.2, 0.25) is 0 Å². The Morgan fingerprint density at radius 2 is 1.87 bits per heavy atom. The normalized spacial score (nSPS) is 16.0. The number of nitro groups is 1. The minimum atomic E-state index is -0.716. The van der Waals surface area contributed by atoms with E-state index in [9.17, 15) is 10.1 Å². The topological polar surface area (TPSA) is 83.1 Å². The summed E-state index contributed by atoms with van der Waals surface area (Å²) in [7, 11) is 0. The fourth-order valence-electron chi connectivity index (χ4n) is 2.36. The maximum absolute atomic E-state index is 10.5. The summed E-state index contributed by atoms with van der Waals surface area (Å²) in [6, 6.07) is 17.7. The van der Waals surface area contributed by atoms with Crippen LogP contribution in [0.15, 0.2) is 64.7 Å². The van der Waals surface area contributed by atoms with Gasteiger partial charge in [0.05, 0.1) is 12.0 Å². The van der Waals surface area contributed by atoms with Crippen LogP contribution < -0.4 is 5.32 Å². The zero-order valence-corrected chi connectivity index (χ0v) is 12.3. The Morgan fingerprint density at radius 3 is 2.65 bits per heavy atom. The zero-order chi connectivity index (χ0) is 16.1. The van der Waals surface area contributed by atoms with Gasteiger partial charge in [-0.15, -0.1) is 0 Å². The van der Waals surface area contributed by atoms with Gasteiger partial charge in [0.15, 0.2) is 5.03 Å². The SMILES string of the molecule is O=[N+]([O-])/N=C1/NCCN1C=Nc1ccccc1-c1ccccc1. The molecule has 0 aromatic heterocycles. The molecule has 0 amide bonds. The van der Waals surface area contributed by atoms with Crippen LogP contribution >= 0.6 is 0 Å². The third kappa shape index (κ3) is 3.52. The van der Waals surface area contributed by atoms with Gasteiger partial charge in [-0.2, -0.15) is 0 Å². The fraction of sp³-hybridized carbons (Fsp3) is 0.125. The Kier molecular flexibility index (Phi) is 4.28. The van der Waals surface area contributed by atoms with Crippen molar-refractivity contribution in [1.82, 2.24) is 10.2 Å². The van der Waals surface area contributed by atoms with E-state index in [0.29, 0.717) is 13.1 Å². The Bertz CT molecular complexity index is 758. The van der Waals surface area contributed by atoms with Gasteiger partial charge in [-0.25, -0.2) is 15.1 Å². The average molecular weight is 309 g/mol. The highest BCUT2D eigenvalue weighted by Crippen LogP contribution is 2.29. The van der Waals surface area contributed by atoms with Gasteiger partial charge in [0.2, 0.25) is 0 Å². The first-order chi connectivity index (χ1) is 11.2. The summed E-state index contributed by atoms with van der Waals surface area (Å²) < 4.78 is 0. The van der Waals surface area contributed by atoms with E-state index in [2.05, 4.69) is 15.4 Å². The molecule has 1 heterocycles. The van der Waals surface area contributed by atoms with Gasteiger partial charge in [0.1, 0.15) is 5.10 Å². The molecule has 0 saturated carbocycles. The molecule has 1 aliphatic heterocycles. The molecular formula is C16H15N5O2. The number of benzene rings is 2. The Morgan fingerprint density at radius 1 is 1.13 bits per heavy atom. The lowest BCUT2D eigenvalue weighted by Gasteiger charge is -2.09. The number of nitrogens with one attached hydrogen (secondary N) is 1. The first-order valence-corrected chi connectivity index (χ1v) is 7.16. The van der Waals surface area contributed by atoms with Crippen LogP contribution in [0.25, 0.3) is 11.1 Å². The number of aliphatic imine (C=N–C) groups is 1. The third-order valence-corrected chi connectivity index (χ3v) is 3.41. The first-order valence-electron chi connectivity index (χ1n) is 7.16. The number of hydrogen-bond donors (Lipinski definition) is 1. The largest absolute Gasteiger partial charge is 0.349 e. The van der Waals surface area contributed by atoms with Gasteiger partial charge in [0, 0.05) is 18.7 Å². The molecule has 23 heavy (non-hydrogen) atoms. The van der Waals surface area contributed by atoms with E-state index >= 15 is 0 Å². The maximum atomic E-state index is 10.5. The first kappa shape index (κ1) is 14.7. The summed E-state index contributed by atoms with van der Waals surface area (Å²) in [4.78, 5) is 16.6. The monoisotopic (exact) mass is 309 g/mol. The standard InChI is InChI=1S/C16H15N5O2/c22-21(23)19-16-17-10-11-20(16)12-18-15-9-5-4-8-14(15)13-6-2-1-3-7-13/h1-9,12H,10-11H2,(H,17,19). The molecular weight excluding hydrogens is 294 g/mol. The van der Waals surface area contributed by atoms with Crippen LogP contribution in [0.4, 0.5) is 5.69 Å². The summed E-state index contributed by atoms with van der Waals surface area (Å²) in [5.41, 5.74) is 2.87. The summed E-state index contributed by atoms with van der Waals surface area (Å²) >= 11 is 0. The number of hydrogen-bond acceptors (Lipinski definition) is 3. The molecule has 0 atom stereocenters. The fourth-order valence-corrected chi connectivity index (χ4v) is 2.36. The smallest absolute Gasteiger partial charge is 0.276 e. The predicted octanol–water partition coefficient (Wildman–Crippen LogP) is 2.47. The van der Waals surface area contributed by atoms with Crippen molar-refractivity contribution in [3.63, 3.8) is 0 Å². The van der Waals surface area contributed by atoms with E-state index in [1.165, 1.54) is 0 Å². The lowest BCUT2D eigenvalue weighted by Crippen LogP contribution is -2.29. The van der Waals surface area contributed by atoms with Gasteiger partial charge in [-0.3, -0.25) is 4.90 Å². The van der Waals surface area contributed by atoms with Gasteiger partial charge < -0.3 is 5.32 Å². The molecule has 0 unspecified atom stereocenters. The second-order valence-electron chi connectivity index (χ2n) is 4.91. The van der Waals surface area contributed by atoms with Crippen molar-refractivity contribution in [1.29, 1.82) is 0 Å². The van der Waals surface area contributed by atoms with E-state index < -0.39 is 5.03 Å². The molecule has 0 bridgehead atoms. The molecule has 116 valence electrons. The van der Waals surface area contributed by atoms with E-state index in [1.54, 1.807) is 11.2 Å². The molecule has 2 aromatic carbocycles. The molecule has 0 spiro atoms. The molecule has 7 heteroatoms. The average Bonchev–Trinajstić information content (AvgIpc) is 3.00. The number of para-hydroxylation sites is 1. The molecule has 2 aromatic rings. The molecule has 1 fully saturated rings. The van der Waals surface area contributed by atoms with Gasteiger partial charge >= 0.3 is 0 Å². The van der Waals surface area contributed by atoms with Crippen molar-refractivity contribution < 1.29 is 5.03 Å². The van der Waals surface area contributed by atoms with Crippen LogP contribution in [-0.2, 0) is 0 Å². The molecule has 1 N–H and O–H groups in total. The van der Waals surface area contributed by atoms with E-state index in [-0.39, 0.29) is 5.96 Å². The van der Waals surface area contributed by atoms with E-state index in [4.69, 9.17) is 0 Å². The van der Waals surface area contributed by atoms with E-state index in [0.717, 1.165) is 16.8 Å². The highest BCUT2D eigenvalue weighted by molar-refractivity contribution is 5.92.